The number of amides is 3. The van der Waals surface area contributed by atoms with Gasteiger partial charge in [-0.3, -0.25) is 14.6 Å². The first kappa shape index (κ1) is 17.1. The van der Waals surface area contributed by atoms with Crippen molar-refractivity contribution in [1.82, 2.24) is 5.32 Å². The van der Waals surface area contributed by atoms with Crippen LogP contribution in [-0.4, -0.2) is 50.9 Å². The summed E-state index contributed by atoms with van der Waals surface area (Å²) in [6.45, 7) is 2.73. The van der Waals surface area contributed by atoms with E-state index in [-0.39, 0.29) is 18.1 Å². The Morgan fingerprint density at radius 3 is 2.88 bits per heavy atom. The molecule has 1 aromatic carbocycles. The van der Waals surface area contributed by atoms with Crippen LogP contribution < -0.4 is 15.1 Å². The van der Waals surface area contributed by atoms with E-state index in [2.05, 4.69) is 5.32 Å². The molecule has 1 atom stereocenters. The highest BCUT2D eigenvalue weighted by Gasteiger charge is 2.33. The molecule has 2 aliphatic rings. The van der Waals surface area contributed by atoms with Gasteiger partial charge >= 0.3 is 12.2 Å². The zero-order chi connectivity index (χ0) is 18.0. The van der Waals surface area contributed by atoms with Crippen LogP contribution >= 0.6 is 0 Å². The van der Waals surface area contributed by atoms with Crippen molar-refractivity contribution in [3.8, 4) is 0 Å². The van der Waals surface area contributed by atoms with E-state index < -0.39 is 6.09 Å². The van der Waals surface area contributed by atoms with Gasteiger partial charge in [0.15, 0.2) is 0 Å². The molecule has 0 radical (unpaired) electrons. The average Bonchev–Trinajstić information content (AvgIpc) is 2.92. The summed E-state index contributed by atoms with van der Waals surface area (Å²) in [5.74, 6) is -0.0766. The lowest BCUT2D eigenvalue weighted by molar-refractivity contribution is -0.121. The molecule has 1 aromatic rings. The number of fused-ring (bicyclic) bond motifs is 1. The molecule has 0 aromatic heterocycles. The predicted molar refractivity (Wildman–Crippen MR) is 90.8 cm³/mol. The highest BCUT2D eigenvalue weighted by molar-refractivity contribution is 5.92. The first-order valence-electron chi connectivity index (χ1n) is 8.28. The number of nitrogens with zero attached hydrogens (tertiary/aromatic N) is 2. The van der Waals surface area contributed by atoms with Crippen LogP contribution in [0, 0.1) is 0 Å². The van der Waals surface area contributed by atoms with E-state index in [1.54, 1.807) is 26.1 Å². The molecule has 0 spiro atoms. The van der Waals surface area contributed by atoms with E-state index in [9.17, 15) is 14.4 Å². The van der Waals surface area contributed by atoms with Crippen molar-refractivity contribution in [1.29, 1.82) is 0 Å². The summed E-state index contributed by atoms with van der Waals surface area (Å²) < 4.78 is 10.4. The zero-order valence-electron chi connectivity index (χ0n) is 14.3. The van der Waals surface area contributed by atoms with Gasteiger partial charge in [0.25, 0.3) is 0 Å². The summed E-state index contributed by atoms with van der Waals surface area (Å²) in [5.41, 5.74) is 2.41. The van der Waals surface area contributed by atoms with Crippen LogP contribution in [0.4, 0.5) is 21.0 Å². The minimum absolute atomic E-state index is 0.0766. The third-order valence-electron chi connectivity index (χ3n) is 4.33. The van der Waals surface area contributed by atoms with Crippen molar-refractivity contribution in [2.24, 2.45) is 0 Å². The minimum Gasteiger partial charge on any atom is -0.449 e. The summed E-state index contributed by atoms with van der Waals surface area (Å²) >= 11 is 0. The molecule has 0 bridgehead atoms. The SMILES string of the molecule is CCC(=O)NC[C@H]1CN(c2ccc3c(c2)CCOC(=O)N3C)C(=O)O1. The zero-order valence-corrected chi connectivity index (χ0v) is 14.3. The molecule has 8 nitrogen and oxygen atoms in total. The quantitative estimate of drug-likeness (QED) is 0.895. The lowest BCUT2D eigenvalue weighted by Crippen LogP contribution is -2.34. The smallest absolute Gasteiger partial charge is 0.414 e. The molecule has 1 N–H and O–H groups in total. The van der Waals surface area contributed by atoms with Crippen LogP contribution in [0.25, 0.3) is 0 Å². The fourth-order valence-corrected chi connectivity index (χ4v) is 2.90. The van der Waals surface area contributed by atoms with Gasteiger partial charge in [-0.05, 0) is 23.8 Å². The Morgan fingerprint density at radius 2 is 2.12 bits per heavy atom. The molecule has 1 saturated heterocycles. The third kappa shape index (κ3) is 3.52. The number of benzene rings is 1. The summed E-state index contributed by atoms with van der Waals surface area (Å²) in [4.78, 5) is 38.2. The molecular formula is C17H21N3O5. The number of carbonyl (C=O) groups is 3. The van der Waals surface area contributed by atoms with Gasteiger partial charge in [0.1, 0.15) is 6.10 Å². The maximum absolute atomic E-state index is 12.2. The van der Waals surface area contributed by atoms with Gasteiger partial charge in [-0.1, -0.05) is 6.92 Å². The molecule has 1 fully saturated rings. The van der Waals surface area contributed by atoms with Crippen molar-refractivity contribution >= 4 is 29.5 Å². The van der Waals surface area contributed by atoms with Crippen molar-refractivity contribution in [2.45, 2.75) is 25.9 Å². The van der Waals surface area contributed by atoms with Gasteiger partial charge in [0, 0.05) is 25.6 Å². The van der Waals surface area contributed by atoms with E-state index in [0.717, 1.165) is 11.3 Å². The van der Waals surface area contributed by atoms with Crippen molar-refractivity contribution < 1.29 is 23.9 Å². The summed E-state index contributed by atoms with van der Waals surface area (Å²) in [5, 5.41) is 2.73. The average molecular weight is 347 g/mol. The van der Waals surface area contributed by atoms with Gasteiger partial charge in [-0.15, -0.1) is 0 Å². The number of carbonyl (C=O) groups excluding carboxylic acids is 3. The highest BCUT2D eigenvalue weighted by atomic mass is 16.6. The van der Waals surface area contributed by atoms with Crippen molar-refractivity contribution in [3.05, 3.63) is 23.8 Å². The molecule has 3 amide bonds. The monoisotopic (exact) mass is 347 g/mol. The Kier molecular flexibility index (Phi) is 4.78. The van der Waals surface area contributed by atoms with E-state index >= 15 is 0 Å². The lowest BCUT2D eigenvalue weighted by Gasteiger charge is -2.19. The molecule has 3 rings (SSSR count). The van der Waals surface area contributed by atoms with E-state index in [1.165, 1.54) is 9.80 Å². The second-order valence-electron chi connectivity index (χ2n) is 6.01. The van der Waals surface area contributed by atoms with Gasteiger partial charge in [-0.25, -0.2) is 9.59 Å². The normalized spacial score (nSPS) is 19.8. The number of cyclic esters (lactones) is 2. The van der Waals surface area contributed by atoms with Crippen molar-refractivity contribution in [2.75, 3.05) is 36.5 Å². The number of hydrogen-bond donors (Lipinski definition) is 1. The largest absolute Gasteiger partial charge is 0.449 e. The van der Waals surface area contributed by atoms with Gasteiger partial charge in [-0.2, -0.15) is 0 Å². The molecule has 2 aliphatic heterocycles. The fraction of sp³-hybridized carbons (Fsp3) is 0.471. The molecule has 8 heteroatoms. The minimum atomic E-state index is -0.440. The van der Waals surface area contributed by atoms with E-state index in [0.29, 0.717) is 38.2 Å². The molecule has 2 heterocycles. The maximum Gasteiger partial charge on any atom is 0.414 e. The predicted octanol–water partition coefficient (Wildman–Crippen LogP) is 1.67. The molecule has 0 unspecified atom stereocenters. The fourth-order valence-electron chi connectivity index (χ4n) is 2.90. The molecular weight excluding hydrogens is 326 g/mol. The Morgan fingerprint density at radius 1 is 1.32 bits per heavy atom. The number of hydrogen-bond acceptors (Lipinski definition) is 5. The maximum atomic E-state index is 12.2. The van der Waals surface area contributed by atoms with Crippen LogP contribution in [0.1, 0.15) is 18.9 Å². The van der Waals surface area contributed by atoms with Gasteiger partial charge in [0.05, 0.1) is 25.4 Å². The Balaban J connectivity index is 1.74. The summed E-state index contributed by atoms with van der Waals surface area (Å²) in [6.07, 6.45) is -0.236. The van der Waals surface area contributed by atoms with Gasteiger partial charge < -0.3 is 14.8 Å². The second-order valence-corrected chi connectivity index (χ2v) is 6.01. The number of anilines is 2. The lowest BCUT2D eigenvalue weighted by atomic mass is 10.1. The summed E-state index contributed by atoms with van der Waals surface area (Å²) in [6, 6.07) is 5.46. The van der Waals surface area contributed by atoms with Crippen LogP contribution in [0.15, 0.2) is 18.2 Å². The first-order valence-corrected chi connectivity index (χ1v) is 8.28. The Labute approximate surface area is 145 Å². The Hall–Kier alpha value is -2.77. The Bertz CT molecular complexity index is 706. The van der Waals surface area contributed by atoms with E-state index in [1.807, 2.05) is 6.07 Å². The van der Waals surface area contributed by atoms with Crippen LogP contribution in [0.5, 0.6) is 0 Å². The van der Waals surface area contributed by atoms with Crippen LogP contribution in [0.3, 0.4) is 0 Å². The standard InChI is InChI=1S/C17H21N3O5/c1-3-15(21)18-9-13-10-20(17(23)25-13)12-4-5-14-11(8-12)6-7-24-16(22)19(14)2/h4-5,8,13H,3,6-7,9-10H2,1-2H3,(H,18,21)/t13-/m0/s1. The first-order chi connectivity index (χ1) is 12.0. The van der Waals surface area contributed by atoms with E-state index in [4.69, 9.17) is 9.47 Å². The van der Waals surface area contributed by atoms with Crippen LogP contribution in [0.2, 0.25) is 0 Å². The number of ether oxygens (including phenoxy) is 2. The van der Waals surface area contributed by atoms with Gasteiger partial charge in [0.2, 0.25) is 5.91 Å². The highest BCUT2D eigenvalue weighted by Crippen LogP contribution is 2.30. The second kappa shape index (κ2) is 7.00. The molecule has 134 valence electrons. The topological polar surface area (TPSA) is 88.2 Å². The molecule has 0 aliphatic carbocycles. The molecule has 25 heavy (non-hydrogen) atoms. The number of rotatable bonds is 4. The molecule has 0 saturated carbocycles. The van der Waals surface area contributed by atoms with Crippen LogP contribution in [-0.2, 0) is 20.7 Å². The van der Waals surface area contributed by atoms with Crippen molar-refractivity contribution in [3.63, 3.8) is 0 Å². The third-order valence-corrected chi connectivity index (χ3v) is 4.33. The number of nitrogens with one attached hydrogen (secondary N) is 1. The summed E-state index contributed by atoms with van der Waals surface area (Å²) in [7, 11) is 1.66.